The largest absolute Gasteiger partial charge is 0.567 e. The van der Waals surface area contributed by atoms with Gasteiger partial charge in [-0.15, -0.1) is 18.1 Å². The minimum Gasteiger partial charge on any atom is -0.376 e. The highest BCUT2D eigenvalue weighted by Gasteiger charge is 2.27. The number of alkyl halides is 2. The highest BCUT2D eigenvalue weighted by Crippen LogP contribution is 2.35. The van der Waals surface area contributed by atoms with Gasteiger partial charge in [0, 0.05) is 22.2 Å². The SMILES string of the molecule is BrCc1ccc(CBr)cc1.CCO[P+](=O)C(=S)SCc1ccc(CSC(=S)[P+](=O)OCC)cc1.CCO[P+](=O)C(=S)[S-].CCO[PH+]=O. The third-order valence-electron chi connectivity index (χ3n) is 4.47. The maximum absolute atomic E-state index is 11.6. The number of thioether (sulfide) groups is 2. The fourth-order valence-electron chi connectivity index (χ4n) is 2.41. The highest BCUT2D eigenvalue weighted by molar-refractivity contribution is 9.08. The molecule has 0 aliphatic carbocycles. The van der Waals surface area contributed by atoms with E-state index in [1.165, 1.54) is 34.7 Å². The van der Waals surface area contributed by atoms with Crippen LogP contribution in [-0.2, 0) is 71.1 Å². The first kappa shape index (κ1) is 49.9. The van der Waals surface area contributed by atoms with E-state index in [0.29, 0.717) is 45.8 Å². The zero-order chi connectivity index (χ0) is 36.0. The second-order valence-electron chi connectivity index (χ2n) is 7.82. The van der Waals surface area contributed by atoms with Crippen molar-refractivity contribution >= 4 is 149 Å². The van der Waals surface area contributed by atoms with Crippen LogP contribution in [0, 0.1) is 0 Å². The third-order valence-corrected chi connectivity index (χ3v) is 14.2. The predicted molar refractivity (Wildman–Crippen MR) is 224 cm³/mol. The topological polar surface area (TPSA) is 105 Å². The minimum atomic E-state index is -1.88. The lowest BCUT2D eigenvalue weighted by molar-refractivity contribution is 0.359. The average molecular weight is 966 g/mol. The van der Waals surface area contributed by atoms with E-state index in [1.807, 2.05) is 24.3 Å². The van der Waals surface area contributed by atoms with E-state index in [0.717, 1.165) is 21.8 Å². The summed E-state index contributed by atoms with van der Waals surface area (Å²) in [6.45, 7) is 8.82. The summed E-state index contributed by atoms with van der Waals surface area (Å²) in [6, 6.07) is 16.5. The lowest BCUT2D eigenvalue weighted by Crippen LogP contribution is -1.90. The molecule has 0 aliphatic rings. The Morgan fingerprint density at radius 2 is 0.979 bits per heavy atom. The van der Waals surface area contributed by atoms with E-state index < -0.39 is 32.8 Å². The number of halogens is 2. The molecular formula is C27H37Br2O8P4S6+3. The van der Waals surface area contributed by atoms with Gasteiger partial charge in [-0.25, -0.2) is 0 Å². The zero-order valence-corrected chi connectivity index (χ0v) is 37.8. The van der Waals surface area contributed by atoms with Gasteiger partial charge < -0.3 is 24.8 Å². The molecule has 0 fully saturated rings. The van der Waals surface area contributed by atoms with Gasteiger partial charge in [-0.2, -0.15) is 0 Å². The van der Waals surface area contributed by atoms with Crippen LogP contribution in [0.4, 0.5) is 0 Å². The molecule has 47 heavy (non-hydrogen) atoms. The van der Waals surface area contributed by atoms with E-state index in [-0.39, 0.29) is 3.94 Å². The van der Waals surface area contributed by atoms with Gasteiger partial charge in [0.25, 0.3) is 0 Å². The Bertz CT molecular complexity index is 1190. The van der Waals surface area contributed by atoms with Gasteiger partial charge in [0.2, 0.25) is 0 Å². The molecule has 0 saturated heterocycles. The second-order valence-corrected chi connectivity index (χ2v) is 19.2. The number of hydrogen-bond donors (Lipinski definition) is 0. The predicted octanol–water partition coefficient (Wildman–Crippen LogP) is 12.3. The van der Waals surface area contributed by atoms with E-state index in [1.54, 1.807) is 27.7 Å². The van der Waals surface area contributed by atoms with Crippen molar-refractivity contribution in [3.8, 4) is 0 Å². The van der Waals surface area contributed by atoms with Crippen LogP contribution in [0.25, 0.3) is 0 Å². The van der Waals surface area contributed by atoms with Crippen molar-refractivity contribution in [3.05, 3.63) is 70.8 Å². The van der Waals surface area contributed by atoms with Gasteiger partial charge in [-0.1, -0.05) is 104 Å². The molecule has 8 nitrogen and oxygen atoms in total. The van der Waals surface area contributed by atoms with Gasteiger partial charge >= 0.3 is 40.6 Å². The number of hydrogen-bond acceptors (Lipinski definition) is 14. The maximum Gasteiger partial charge on any atom is 0.567 e. The number of rotatable bonds is 17. The smallest absolute Gasteiger partial charge is 0.376 e. The molecule has 260 valence electrons. The summed E-state index contributed by atoms with van der Waals surface area (Å²) in [5.74, 6) is 1.30. The van der Waals surface area contributed by atoms with Crippen LogP contribution < -0.4 is 0 Å². The van der Waals surface area contributed by atoms with Crippen LogP contribution in [0.5, 0.6) is 0 Å². The molecule has 0 radical (unpaired) electrons. The van der Waals surface area contributed by atoms with Gasteiger partial charge in [-0.3, -0.25) is 0 Å². The molecule has 0 spiro atoms. The molecular weight excluding hydrogens is 928 g/mol. The van der Waals surface area contributed by atoms with Crippen LogP contribution in [0.2, 0.25) is 0 Å². The average Bonchev–Trinajstić information content (AvgIpc) is 3.08. The first-order valence-corrected chi connectivity index (χ1v) is 23.7. The Hall–Kier alpha value is 0.830. The monoisotopic (exact) mass is 963 g/mol. The number of benzene rings is 2. The van der Waals surface area contributed by atoms with Crippen LogP contribution in [0.15, 0.2) is 48.5 Å². The lowest BCUT2D eigenvalue weighted by Gasteiger charge is -2.01. The van der Waals surface area contributed by atoms with Crippen molar-refractivity contribution in [2.75, 3.05) is 26.4 Å². The van der Waals surface area contributed by atoms with Crippen LogP contribution in [0.1, 0.15) is 49.9 Å². The van der Waals surface area contributed by atoms with Gasteiger partial charge in [0.15, 0.2) is 0 Å². The van der Waals surface area contributed by atoms with Crippen LogP contribution in [-0.4, -0.2) is 38.2 Å². The molecule has 20 heteroatoms. The summed E-state index contributed by atoms with van der Waals surface area (Å²) in [4.78, 5) is 0. The third kappa shape index (κ3) is 28.1. The fourth-order valence-corrected chi connectivity index (χ4v) is 7.80. The van der Waals surface area contributed by atoms with Crippen molar-refractivity contribution in [2.45, 2.75) is 49.9 Å². The molecule has 0 bridgehead atoms. The quantitative estimate of drug-likeness (QED) is 0.0650. The summed E-state index contributed by atoms with van der Waals surface area (Å²) in [7, 11) is -6.20. The van der Waals surface area contributed by atoms with Crippen molar-refractivity contribution in [1.82, 2.24) is 0 Å². The first-order valence-electron chi connectivity index (χ1n) is 13.6. The Morgan fingerprint density at radius 1 is 0.660 bits per heavy atom. The molecule has 0 N–H and O–H groups in total. The van der Waals surface area contributed by atoms with Crippen LogP contribution >= 0.6 is 125 Å². The molecule has 4 atom stereocenters. The molecule has 0 heterocycles. The molecule has 0 amide bonds. The summed E-state index contributed by atoms with van der Waals surface area (Å²) < 4.78 is 62.6. The lowest BCUT2D eigenvalue weighted by atomic mass is 10.2. The maximum atomic E-state index is 11.6. The molecule has 2 rings (SSSR count). The van der Waals surface area contributed by atoms with Crippen LogP contribution in [0.3, 0.4) is 0 Å². The summed E-state index contributed by atoms with van der Waals surface area (Å²) in [6.07, 6.45) is 0. The van der Waals surface area contributed by atoms with Crippen molar-refractivity contribution in [1.29, 1.82) is 0 Å². The van der Waals surface area contributed by atoms with Gasteiger partial charge in [0.05, 0.1) is 6.61 Å². The highest BCUT2D eigenvalue weighted by atomic mass is 79.9. The Morgan fingerprint density at radius 3 is 1.19 bits per heavy atom. The Balaban J connectivity index is 0. The Labute approximate surface area is 329 Å². The minimum absolute atomic E-state index is 0.0156. The Kier molecular flexibility index (Phi) is 36.1. The number of thiocarbonyl (C=S) groups is 3. The molecule has 0 saturated carbocycles. The molecule has 2 aromatic carbocycles. The molecule has 0 aromatic heterocycles. The molecule has 2 aromatic rings. The van der Waals surface area contributed by atoms with Crippen molar-refractivity contribution in [3.63, 3.8) is 0 Å². The second kappa shape index (κ2) is 33.9. The van der Waals surface area contributed by atoms with Crippen molar-refractivity contribution < 1.29 is 36.4 Å². The zero-order valence-electron chi connectivity index (χ0n) is 26.1. The van der Waals surface area contributed by atoms with E-state index in [2.05, 4.69) is 90.0 Å². The van der Waals surface area contributed by atoms with E-state index >= 15 is 0 Å². The normalized spacial score (nSPS) is 11.0. The summed E-state index contributed by atoms with van der Waals surface area (Å²) in [5.41, 5.74) is 4.81. The standard InChI is InChI=1S/C14H18O4P2S4.C8H8Br2.C3H5O2PS2.C2H6O2P/c1-3-17-19(15)13(21)23-9-11-5-7-12(8-6-11)10-24-14(22)20(16)18-4-2;9-5-7-1-2-8(6-10)4-3-7;1-2-5-6(4)3(7)8;1-2-4-5-3/h5-8H,3-4,9-10H2,1-2H3;1-4H,5-6H2;2H2,1H3;5H,2H2,1H3/q+2;;;+1. The summed E-state index contributed by atoms with van der Waals surface area (Å²) in [5, 5.41) is 1.88. The van der Waals surface area contributed by atoms with Gasteiger partial charge in [0.1, 0.15) is 23.8 Å². The van der Waals surface area contributed by atoms with E-state index in [9.17, 15) is 18.3 Å². The van der Waals surface area contributed by atoms with E-state index in [4.69, 9.17) is 33.5 Å². The summed E-state index contributed by atoms with van der Waals surface area (Å²) >= 11 is 28.4. The molecule has 0 aliphatic heterocycles. The molecule has 4 unspecified atom stereocenters. The van der Waals surface area contributed by atoms with Crippen molar-refractivity contribution in [2.24, 2.45) is 0 Å². The first-order chi connectivity index (χ1) is 22.4. The van der Waals surface area contributed by atoms with Gasteiger partial charge in [-0.05, 0) is 92.6 Å². The fraction of sp³-hybridized carbons (Fsp3) is 0.444.